The van der Waals surface area contributed by atoms with Crippen molar-refractivity contribution in [2.75, 3.05) is 11.9 Å². The van der Waals surface area contributed by atoms with Crippen LogP contribution in [0.1, 0.15) is 0 Å². The van der Waals surface area contributed by atoms with E-state index in [1.165, 1.54) is 6.07 Å². The molecule has 0 radical (unpaired) electrons. The fraction of sp³-hybridized carbons (Fsp3) is 0.0714. The summed E-state index contributed by atoms with van der Waals surface area (Å²) in [5.41, 5.74) is 0.430. The summed E-state index contributed by atoms with van der Waals surface area (Å²) in [5, 5.41) is 28.7. The number of carboxylic acid groups (broad SMARTS) is 1. The monoisotopic (exact) mass is 261 g/mol. The third kappa shape index (κ3) is 5.97. The van der Waals surface area contributed by atoms with E-state index in [-0.39, 0.29) is 12.3 Å². The van der Waals surface area contributed by atoms with E-state index in [9.17, 15) is 4.79 Å². The molecule has 0 saturated heterocycles. The van der Waals surface area contributed by atoms with Gasteiger partial charge in [-0.2, -0.15) is 0 Å². The van der Waals surface area contributed by atoms with Gasteiger partial charge >= 0.3 is 5.97 Å². The summed E-state index contributed by atoms with van der Waals surface area (Å²) in [6.45, 7) is -0.197. The van der Waals surface area contributed by atoms with E-state index in [0.29, 0.717) is 11.4 Å². The lowest BCUT2D eigenvalue weighted by molar-refractivity contribution is -0.134. The number of hydrogen-bond donors (Lipinski definition) is 4. The zero-order valence-electron chi connectivity index (χ0n) is 10.2. The largest absolute Gasteiger partial charge is 0.508 e. The van der Waals surface area contributed by atoms with E-state index in [2.05, 4.69) is 5.32 Å². The molecule has 0 aliphatic rings. The van der Waals surface area contributed by atoms with Gasteiger partial charge in [-0.1, -0.05) is 30.3 Å². The van der Waals surface area contributed by atoms with E-state index >= 15 is 0 Å². The van der Waals surface area contributed by atoms with Gasteiger partial charge in [-0.15, -0.1) is 0 Å². The van der Waals surface area contributed by atoms with Crippen molar-refractivity contribution in [2.45, 2.75) is 0 Å². The minimum Gasteiger partial charge on any atom is -0.508 e. The highest BCUT2D eigenvalue weighted by Gasteiger charge is 2.00. The Morgan fingerprint density at radius 3 is 2.00 bits per heavy atom. The lowest BCUT2D eigenvalue weighted by atomic mass is 10.3. The van der Waals surface area contributed by atoms with Crippen molar-refractivity contribution in [3.8, 4) is 11.5 Å². The SMILES string of the molecule is O=C(O)CNc1ccccc1O.Oc1ccccc1. The first-order chi connectivity index (χ1) is 9.09. The molecule has 100 valence electrons. The number of benzene rings is 2. The fourth-order valence-corrected chi connectivity index (χ4v) is 1.22. The van der Waals surface area contributed by atoms with Crippen molar-refractivity contribution in [1.29, 1.82) is 0 Å². The molecule has 0 amide bonds. The Balaban J connectivity index is 0.000000218. The van der Waals surface area contributed by atoms with Crippen molar-refractivity contribution >= 4 is 11.7 Å². The molecule has 4 N–H and O–H groups in total. The molecule has 0 unspecified atom stereocenters. The molecule has 0 saturated carbocycles. The number of aromatic hydroxyl groups is 2. The first-order valence-electron chi connectivity index (χ1n) is 5.57. The highest BCUT2D eigenvalue weighted by atomic mass is 16.4. The third-order valence-corrected chi connectivity index (χ3v) is 2.09. The van der Waals surface area contributed by atoms with Crippen LogP contribution in [0, 0.1) is 0 Å². The van der Waals surface area contributed by atoms with E-state index < -0.39 is 5.97 Å². The van der Waals surface area contributed by atoms with Gasteiger partial charge in [-0.05, 0) is 24.3 Å². The van der Waals surface area contributed by atoms with Crippen molar-refractivity contribution < 1.29 is 20.1 Å². The van der Waals surface area contributed by atoms with Crippen LogP contribution in [-0.4, -0.2) is 27.8 Å². The second-order valence-corrected chi connectivity index (χ2v) is 3.60. The highest BCUT2D eigenvalue weighted by Crippen LogP contribution is 2.20. The summed E-state index contributed by atoms with van der Waals surface area (Å²) in [6.07, 6.45) is 0. The number of carboxylic acids is 1. The maximum absolute atomic E-state index is 10.1. The maximum atomic E-state index is 10.1. The second-order valence-electron chi connectivity index (χ2n) is 3.60. The first kappa shape index (κ1) is 14.4. The Morgan fingerprint density at radius 1 is 0.947 bits per heavy atom. The number of rotatable bonds is 3. The van der Waals surface area contributed by atoms with Gasteiger partial charge in [0.05, 0.1) is 5.69 Å². The molecule has 0 atom stereocenters. The molecule has 0 spiro atoms. The molecule has 2 aromatic rings. The Bertz CT molecular complexity index is 514. The molecule has 0 aliphatic heterocycles. The van der Waals surface area contributed by atoms with Crippen LogP contribution in [0.2, 0.25) is 0 Å². The second kappa shape index (κ2) is 7.60. The minimum atomic E-state index is -0.960. The van der Waals surface area contributed by atoms with Gasteiger partial charge < -0.3 is 20.6 Å². The van der Waals surface area contributed by atoms with Gasteiger partial charge in [-0.25, -0.2) is 0 Å². The van der Waals surface area contributed by atoms with Crippen molar-refractivity contribution in [1.82, 2.24) is 0 Å². The lowest BCUT2D eigenvalue weighted by Gasteiger charge is -2.04. The number of nitrogens with one attached hydrogen (secondary N) is 1. The molecule has 2 rings (SSSR count). The average Bonchev–Trinajstić information content (AvgIpc) is 2.39. The quantitative estimate of drug-likeness (QED) is 0.636. The topological polar surface area (TPSA) is 89.8 Å². The summed E-state index contributed by atoms with van der Waals surface area (Å²) in [6, 6.07) is 15.2. The molecule has 0 aliphatic carbocycles. The van der Waals surface area contributed by atoms with E-state index in [4.69, 9.17) is 15.3 Å². The molecular weight excluding hydrogens is 246 g/mol. The van der Waals surface area contributed by atoms with E-state index in [1.54, 1.807) is 42.5 Å². The van der Waals surface area contributed by atoms with Gasteiger partial charge in [0.2, 0.25) is 0 Å². The van der Waals surface area contributed by atoms with Crippen LogP contribution in [0.25, 0.3) is 0 Å². The minimum absolute atomic E-state index is 0.0544. The molecule has 0 bridgehead atoms. The van der Waals surface area contributed by atoms with Gasteiger partial charge in [0.25, 0.3) is 0 Å². The molecule has 5 nitrogen and oxygen atoms in total. The predicted molar refractivity (Wildman–Crippen MR) is 72.3 cm³/mol. The van der Waals surface area contributed by atoms with Crippen LogP contribution in [0.3, 0.4) is 0 Å². The summed E-state index contributed by atoms with van der Waals surface area (Å²) < 4.78 is 0. The molecule has 2 aromatic carbocycles. The Kier molecular flexibility index (Phi) is 5.75. The predicted octanol–water partition coefficient (Wildman–Crippen LogP) is 2.28. The number of anilines is 1. The Labute approximate surface area is 110 Å². The first-order valence-corrected chi connectivity index (χ1v) is 5.57. The number of phenolic OH excluding ortho intramolecular Hbond substituents is 2. The molecular formula is C14H15NO4. The summed E-state index contributed by atoms with van der Waals surface area (Å²) in [4.78, 5) is 10.1. The van der Waals surface area contributed by atoms with Crippen molar-refractivity contribution in [3.05, 3.63) is 54.6 Å². The fourth-order valence-electron chi connectivity index (χ4n) is 1.22. The molecule has 5 heteroatoms. The normalized spacial score (nSPS) is 9.05. The van der Waals surface area contributed by atoms with Crippen LogP contribution >= 0.6 is 0 Å². The third-order valence-electron chi connectivity index (χ3n) is 2.09. The standard InChI is InChI=1S/C8H9NO3.C6H6O/c10-7-4-2-1-3-6(7)9-5-8(11)12;7-6-4-2-1-3-5-6/h1-4,9-10H,5H2,(H,11,12);1-5,7H. The Hall–Kier alpha value is -2.69. The van der Waals surface area contributed by atoms with Crippen LogP contribution in [-0.2, 0) is 4.79 Å². The zero-order valence-corrected chi connectivity index (χ0v) is 10.2. The Morgan fingerprint density at radius 2 is 1.53 bits per heavy atom. The molecule has 0 aromatic heterocycles. The molecule has 0 heterocycles. The lowest BCUT2D eigenvalue weighted by Crippen LogP contribution is -2.12. The number of aliphatic carboxylic acids is 1. The van der Waals surface area contributed by atoms with Crippen molar-refractivity contribution in [2.24, 2.45) is 0 Å². The van der Waals surface area contributed by atoms with Gasteiger partial charge in [0.15, 0.2) is 0 Å². The summed E-state index contributed by atoms with van der Waals surface area (Å²) >= 11 is 0. The number of para-hydroxylation sites is 3. The van der Waals surface area contributed by atoms with Gasteiger partial charge in [0, 0.05) is 0 Å². The van der Waals surface area contributed by atoms with Crippen LogP contribution in [0.15, 0.2) is 54.6 Å². The number of carbonyl (C=O) groups is 1. The molecule has 19 heavy (non-hydrogen) atoms. The van der Waals surface area contributed by atoms with Crippen molar-refractivity contribution in [3.63, 3.8) is 0 Å². The maximum Gasteiger partial charge on any atom is 0.322 e. The average molecular weight is 261 g/mol. The smallest absolute Gasteiger partial charge is 0.322 e. The number of hydrogen-bond acceptors (Lipinski definition) is 4. The highest BCUT2D eigenvalue weighted by molar-refractivity contribution is 5.73. The van der Waals surface area contributed by atoms with Crippen LogP contribution in [0.4, 0.5) is 5.69 Å². The molecule has 0 fully saturated rings. The summed E-state index contributed by atoms with van der Waals surface area (Å²) in [5.74, 6) is -0.584. The van der Waals surface area contributed by atoms with Gasteiger partial charge in [-0.3, -0.25) is 4.79 Å². The van der Waals surface area contributed by atoms with Crippen LogP contribution < -0.4 is 5.32 Å². The van der Waals surface area contributed by atoms with Crippen LogP contribution in [0.5, 0.6) is 11.5 Å². The zero-order chi connectivity index (χ0) is 14.1. The van der Waals surface area contributed by atoms with Gasteiger partial charge in [0.1, 0.15) is 18.0 Å². The summed E-state index contributed by atoms with van der Waals surface area (Å²) in [7, 11) is 0. The van der Waals surface area contributed by atoms with E-state index in [1.807, 2.05) is 6.07 Å². The number of phenols is 2. The van der Waals surface area contributed by atoms with E-state index in [0.717, 1.165) is 0 Å².